The van der Waals surface area contributed by atoms with Crippen LogP contribution in [0.1, 0.15) is 39.0 Å². The number of ether oxygens (including phenoxy) is 1. The molecular formula is C13H20O4. The van der Waals surface area contributed by atoms with Gasteiger partial charge in [0.15, 0.2) is 0 Å². The van der Waals surface area contributed by atoms with Crippen molar-refractivity contribution in [2.45, 2.75) is 39.0 Å². The van der Waals surface area contributed by atoms with Crippen molar-refractivity contribution >= 4 is 11.9 Å². The third-order valence-electron chi connectivity index (χ3n) is 3.45. The summed E-state index contributed by atoms with van der Waals surface area (Å²) in [6.07, 6.45) is 4.51. The lowest BCUT2D eigenvalue weighted by molar-refractivity contribution is -0.158. The van der Waals surface area contributed by atoms with Crippen molar-refractivity contribution in [3.8, 4) is 0 Å². The highest BCUT2D eigenvalue weighted by Gasteiger charge is 2.44. The van der Waals surface area contributed by atoms with Crippen LogP contribution in [0.4, 0.5) is 0 Å². The molecule has 0 saturated heterocycles. The molecule has 0 radical (unpaired) electrons. The summed E-state index contributed by atoms with van der Waals surface area (Å²) in [5, 5.41) is 9.35. The molecule has 96 valence electrons. The molecule has 0 aliphatic heterocycles. The molecule has 0 bridgehead atoms. The zero-order valence-corrected chi connectivity index (χ0v) is 10.3. The van der Waals surface area contributed by atoms with E-state index in [0.29, 0.717) is 25.9 Å². The molecule has 0 aromatic heterocycles. The molecule has 4 nitrogen and oxygen atoms in total. The summed E-state index contributed by atoms with van der Waals surface area (Å²) in [5.41, 5.74) is -0.822. The van der Waals surface area contributed by atoms with Gasteiger partial charge in [0.2, 0.25) is 0 Å². The molecule has 1 rings (SSSR count). The predicted molar refractivity (Wildman–Crippen MR) is 63.5 cm³/mol. The Kier molecular flexibility index (Phi) is 4.73. The number of allylic oxidation sites excluding steroid dienone is 1. The van der Waals surface area contributed by atoms with E-state index >= 15 is 0 Å². The Morgan fingerprint density at radius 1 is 1.59 bits per heavy atom. The summed E-state index contributed by atoms with van der Waals surface area (Å²) in [6.45, 7) is 5.71. The van der Waals surface area contributed by atoms with Crippen LogP contribution >= 0.6 is 0 Å². The molecular weight excluding hydrogens is 220 g/mol. The number of carbonyl (C=O) groups excluding carboxylic acids is 1. The summed E-state index contributed by atoms with van der Waals surface area (Å²) in [6, 6.07) is 0. The first-order valence-corrected chi connectivity index (χ1v) is 6.06. The number of esters is 1. The molecule has 0 spiro atoms. The standard InChI is InChI=1S/C13H20O4/c1-3-7-13(12(15)16)8-5-6-10(9-13)11(14)17-4-2/h3,10H,1,4-9H2,2H3,(H,15,16). The molecule has 0 heterocycles. The monoisotopic (exact) mass is 240 g/mol. The highest BCUT2D eigenvalue weighted by Crippen LogP contribution is 2.43. The Morgan fingerprint density at radius 2 is 2.29 bits per heavy atom. The normalized spacial score (nSPS) is 28.4. The van der Waals surface area contributed by atoms with Crippen LogP contribution in [-0.2, 0) is 14.3 Å². The van der Waals surface area contributed by atoms with Gasteiger partial charge in [-0.25, -0.2) is 0 Å². The van der Waals surface area contributed by atoms with E-state index in [9.17, 15) is 14.7 Å². The molecule has 2 atom stereocenters. The third-order valence-corrected chi connectivity index (χ3v) is 3.45. The SMILES string of the molecule is C=CCC1(C(=O)O)CCCC(C(=O)OCC)C1. The first-order chi connectivity index (χ1) is 8.05. The summed E-state index contributed by atoms with van der Waals surface area (Å²) >= 11 is 0. The number of hydrogen-bond donors (Lipinski definition) is 1. The van der Waals surface area contributed by atoms with Crippen molar-refractivity contribution in [2.24, 2.45) is 11.3 Å². The van der Waals surface area contributed by atoms with E-state index < -0.39 is 11.4 Å². The number of carbonyl (C=O) groups is 2. The van der Waals surface area contributed by atoms with Crippen LogP contribution in [0.25, 0.3) is 0 Å². The Labute approximate surface area is 102 Å². The van der Waals surface area contributed by atoms with Crippen LogP contribution in [0.3, 0.4) is 0 Å². The van der Waals surface area contributed by atoms with Crippen LogP contribution in [-0.4, -0.2) is 23.7 Å². The van der Waals surface area contributed by atoms with Crippen LogP contribution in [0.2, 0.25) is 0 Å². The Bertz CT molecular complexity index is 311. The van der Waals surface area contributed by atoms with Crippen molar-refractivity contribution < 1.29 is 19.4 Å². The van der Waals surface area contributed by atoms with E-state index in [1.54, 1.807) is 13.0 Å². The predicted octanol–water partition coefficient (Wildman–Crippen LogP) is 2.39. The van der Waals surface area contributed by atoms with Crippen molar-refractivity contribution in [3.63, 3.8) is 0 Å². The average Bonchev–Trinajstić information content (AvgIpc) is 2.30. The van der Waals surface area contributed by atoms with Gasteiger partial charge < -0.3 is 9.84 Å². The second-order valence-electron chi connectivity index (χ2n) is 4.62. The fourth-order valence-corrected chi connectivity index (χ4v) is 2.57. The molecule has 1 N–H and O–H groups in total. The van der Waals surface area contributed by atoms with Gasteiger partial charge in [-0.3, -0.25) is 9.59 Å². The van der Waals surface area contributed by atoms with Crippen molar-refractivity contribution in [2.75, 3.05) is 6.61 Å². The highest BCUT2D eigenvalue weighted by molar-refractivity contribution is 5.78. The van der Waals surface area contributed by atoms with Gasteiger partial charge in [-0.05, 0) is 32.6 Å². The Balaban J connectivity index is 2.78. The molecule has 1 fully saturated rings. The first-order valence-electron chi connectivity index (χ1n) is 6.06. The molecule has 0 amide bonds. The second kappa shape index (κ2) is 5.84. The molecule has 1 saturated carbocycles. The molecule has 1 aliphatic carbocycles. The summed E-state index contributed by atoms with van der Waals surface area (Å²) in [4.78, 5) is 23.1. The minimum Gasteiger partial charge on any atom is -0.481 e. The van der Waals surface area contributed by atoms with Crippen molar-refractivity contribution in [3.05, 3.63) is 12.7 Å². The van der Waals surface area contributed by atoms with E-state index in [0.717, 1.165) is 12.8 Å². The quantitative estimate of drug-likeness (QED) is 0.592. The number of aliphatic carboxylic acids is 1. The minimum absolute atomic E-state index is 0.262. The van der Waals surface area contributed by atoms with E-state index in [4.69, 9.17) is 4.74 Å². The fourth-order valence-electron chi connectivity index (χ4n) is 2.57. The zero-order valence-electron chi connectivity index (χ0n) is 10.3. The van der Waals surface area contributed by atoms with Crippen LogP contribution < -0.4 is 0 Å². The van der Waals surface area contributed by atoms with Crippen molar-refractivity contribution in [1.82, 2.24) is 0 Å². The van der Waals surface area contributed by atoms with Gasteiger partial charge >= 0.3 is 11.9 Å². The lowest BCUT2D eigenvalue weighted by atomic mass is 9.68. The number of hydrogen-bond acceptors (Lipinski definition) is 3. The molecule has 4 heteroatoms. The maximum Gasteiger partial charge on any atom is 0.309 e. The highest BCUT2D eigenvalue weighted by atomic mass is 16.5. The summed E-state index contributed by atoms with van der Waals surface area (Å²) < 4.78 is 4.97. The average molecular weight is 240 g/mol. The first kappa shape index (κ1) is 13.7. The lowest BCUT2D eigenvalue weighted by Gasteiger charge is -2.35. The van der Waals surface area contributed by atoms with Gasteiger partial charge in [-0.2, -0.15) is 0 Å². The van der Waals surface area contributed by atoms with Gasteiger partial charge in [0.05, 0.1) is 17.9 Å². The van der Waals surface area contributed by atoms with Gasteiger partial charge in [0.25, 0.3) is 0 Å². The summed E-state index contributed by atoms with van der Waals surface area (Å²) in [5.74, 6) is -1.37. The smallest absolute Gasteiger partial charge is 0.309 e. The number of carboxylic acids is 1. The Hall–Kier alpha value is -1.32. The van der Waals surface area contributed by atoms with Gasteiger partial charge in [-0.1, -0.05) is 12.5 Å². The fraction of sp³-hybridized carbons (Fsp3) is 0.692. The summed E-state index contributed by atoms with van der Waals surface area (Å²) in [7, 11) is 0. The molecule has 0 aromatic rings. The second-order valence-corrected chi connectivity index (χ2v) is 4.62. The van der Waals surface area contributed by atoms with Gasteiger partial charge in [0, 0.05) is 0 Å². The van der Waals surface area contributed by atoms with E-state index in [1.807, 2.05) is 0 Å². The molecule has 17 heavy (non-hydrogen) atoms. The molecule has 1 aliphatic rings. The third kappa shape index (κ3) is 3.08. The van der Waals surface area contributed by atoms with E-state index in [2.05, 4.69) is 6.58 Å². The number of carboxylic acid groups (broad SMARTS) is 1. The minimum atomic E-state index is -0.827. The van der Waals surface area contributed by atoms with Crippen molar-refractivity contribution in [1.29, 1.82) is 0 Å². The van der Waals surface area contributed by atoms with Crippen LogP contribution in [0.5, 0.6) is 0 Å². The van der Waals surface area contributed by atoms with E-state index in [-0.39, 0.29) is 11.9 Å². The van der Waals surface area contributed by atoms with Gasteiger partial charge in [0.1, 0.15) is 0 Å². The lowest BCUT2D eigenvalue weighted by Crippen LogP contribution is -2.38. The number of rotatable bonds is 5. The Morgan fingerprint density at radius 3 is 2.82 bits per heavy atom. The maximum atomic E-state index is 11.7. The molecule has 2 unspecified atom stereocenters. The van der Waals surface area contributed by atoms with E-state index in [1.165, 1.54) is 0 Å². The molecule has 0 aromatic carbocycles. The van der Waals surface area contributed by atoms with Gasteiger partial charge in [-0.15, -0.1) is 6.58 Å². The topological polar surface area (TPSA) is 63.6 Å². The zero-order chi connectivity index (χ0) is 12.9. The largest absolute Gasteiger partial charge is 0.481 e. The maximum absolute atomic E-state index is 11.7. The van der Waals surface area contributed by atoms with Crippen LogP contribution in [0, 0.1) is 11.3 Å². The van der Waals surface area contributed by atoms with Crippen LogP contribution in [0.15, 0.2) is 12.7 Å².